The van der Waals surface area contributed by atoms with Gasteiger partial charge >= 0.3 is 0 Å². The largest absolute Gasteiger partial charge is 0.294 e. The highest BCUT2D eigenvalue weighted by Crippen LogP contribution is 2.44. The van der Waals surface area contributed by atoms with E-state index >= 15 is 0 Å². The molecule has 1 heteroatoms. The first-order chi connectivity index (χ1) is 7.36. The summed E-state index contributed by atoms with van der Waals surface area (Å²) in [5.41, 5.74) is 4.73. The summed E-state index contributed by atoms with van der Waals surface area (Å²) in [6, 6.07) is 10.2. The predicted octanol–water partition coefficient (Wildman–Crippen LogP) is 3.13. The molecule has 0 radical (unpaired) electrons. The maximum Gasteiger partial charge on any atom is 0.163 e. The van der Waals surface area contributed by atoms with Gasteiger partial charge in [0.2, 0.25) is 0 Å². The van der Waals surface area contributed by atoms with Gasteiger partial charge in [0.15, 0.2) is 5.78 Å². The second kappa shape index (κ2) is 3.20. The van der Waals surface area contributed by atoms with Crippen LogP contribution in [0.1, 0.15) is 24.8 Å². The van der Waals surface area contributed by atoms with Crippen molar-refractivity contribution in [2.45, 2.75) is 19.3 Å². The van der Waals surface area contributed by atoms with E-state index in [9.17, 15) is 4.79 Å². The van der Waals surface area contributed by atoms with Crippen LogP contribution < -0.4 is 0 Å². The van der Waals surface area contributed by atoms with E-state index in [0.29, 0.717) is 12.2 Å². The molecule has 1 aromatic carbocycles. The smallest absolute Gasteiger partial charge is 0.163 e. The van der Waals surface area contributed by atoms with Crippen molar-refractivity contribution in [3.8, 4) is 0 Å². The van der Waals surface area contributed by atoms with E-state index in [1.807, 2.05) is 18.2 Å². The summed E-state index contributed by atoms with van der Waals surface area (Å²) >= 11 is 0. The van der Waals surface area contributed by atoms with Crippen molar-refractivity contribution in [3.63, 3.8) is 0 Å². The summed E-state index contributed by atoms with van der Waals surface area (Å²) in [5.74, 6) is 0.331. The number of ketones is 1. The number of allylic oxidation sites excluding steroid dienone is 4. The van der Waals surface area contributed by atoms with Crippen LogP contribution in [0.15, 0.2) is 47.6 Å². The van der Waals surface area contributed by atoms with Crippen LogP contribution in [0.2, 0.25) is 0 Å². The quantitative estimate of drug-likeness (QED) is 0.674. The van der Waals surface area contributed by atoms with Gasteiger partial charge in [-0.1, -0.05) is 36.4 Å². The molecule has 0 unspecified atom stereocenters. The molecule has 0 fully saturated rings. The van der Waals surface area contributed by atoms with Gasteiger partial charge < -0.3 is 0 Å². The SMILES string of the molecule is O=C1CCC=C2CC(c3ccccc3)=C12. The molecule has 0 aromatic heterocycles. The highest BCUT2D eigenvalue weighted by Gasteiger charge is 2.30. The Balaban J connectivity index is 2.09. The molecule has 0 N–H and O–H groups in total. The molecule has 0 saturated carbocycles. The monoisotopic (exact) mass is 196 g/mol. The van der Waals surface area contributed by atoms with Gasteiger partial charge in [-0.15, -0.1) is 0 Å². The zero-order valence-electron chi connectivity index (χ0n) is 8.49. The van der Waals surface area contributed by atoms with Crippen LogP contribution >= 0.6 is 0 Å². The Hall–Kier alpha value is -1.63. The number of hydrogen-bond acceptors (Lipinski definition) is 1. The number of hydrogen-bond donors (Lipinski definition) is 0. The van der Waals surface area contributed by atoms with Crippen molar-refractivity contribution in [2.75, 3.05) is 0 Å². The molecule has 3 rings (SSSR count). The zero-order chi connectivity index (χ0) is 10.3. The molecule has 2 aliphatic carbocycles. The van der Waals surface area contributed by atoms with E-state index in [1.54, 1.807) is 0 Å². The van der Waals surface area contributed by atoms with Gasteiger partial charge in [-0.3, -0.25) is 4.79 Å². The van der Waals surface area contributed by atoms with Crippen LogP contribution in [0.5, 0.6) is 0 Å². The molecular formula is C14H12O. The minimum absolute atomic E-state index is 0.331. The van der Waals surface area contributed by atoms with Gasteiger partial charge in [0.1, 0.15) is 0 Å². The van der Waals surface area contributed by atoms with Crippen molar-refractivity contribution >= 4 is 11.4 Å². The third-order valence-electron chi connectivity index (χ3n) is 3.15. The normalized spacial score (nSPS) is 19.5. The first kappa shape index (κ1) is 8.66. The van der Waals surface area contributed by atoms with Gasteiger partial charge in [-0.25, -0.2) is 0 Å². The standard InChI is InChI=1S/C14H12O/c15-13-8-4-7-11-9-12(14(11)13)10-5-2-1-3-6-10/h1-3,5-7H,4,8-9H2. The number of fused-ring (bicyclic) bond motifs is 1. The molecule has 74 valence electrons. The fourth-order valence-electron chi connectivity index (χ4n) is 2.36. The van der Waals surface area contributed by atoms with E-state index in [-0.39, 0.29) is 0 Å². The minimum Gasteiger partial charge on any atom is -0.294 e. The third-order valence-corrected chi connectivity index (χ3v) is 3.15. The van der Waals surface area contributed by atoms with E-state index in [1.165, 1.54) is 16.7 Å². The Morgan fingerprint density at radius 3 is 2.60 bits per heavy atom. The lowest BCUT2D eigenvalue weighted by Crippen LogP contribution is -2.19. The van der Waals surface area contributed by atoms with E-state index in [0.717, 1.165) is 18.4 Å². The van der Waals surface area contributed by atoms with Crippen LogP contribution in [0.3, 0.4) is 0 Å². The molecule has 0 heterocycles. The minimum atomic E-state index is 0.331. The maximum atomic E-state index is 11.7. The van der Waals surface area contributed by atoms with Crippen molar-refractivity contribution in [3.05, 3.63) is 53.1 Å². The number of rotatable bonds is 1. The van der Waals surface area contributed by atoms with E-state index < -0.39 is 0 Å². The van der Waals surface area contributed by atoms with Crippen LogP contribution in [-0.4, -0.2) is 5.78 Å². The van der Waals surface area contributed by atoms with Gasteiger partial charge in [0, 0.05) is 12.0 Å². The van der Waals surface area contributed by atoms with Crippen molar-refractivity contribution in [2.24, 2.45) is 0 Å². The Kier molecular flexibility index (Phi) is 1.84. The van der Waals surface area contributed by atoms with Gasteiger partial charge in [-0.05, 0) is 29.6 Å². The molecule has 2 aliphatic rings. The summed E-state index contributed by atoms with van der Waals surface area (Å²) in [5, 5.41) is 0. The Bertz CT molecular complexity index is 477. The lowest BCUT2D eigenvalue weighted by Gasteiger charge is -2.29. The Morgan fingerprint density at radius 1 is 1.07 bits per heavy atom. The van der Waals surface area contributed by atoms with Crippen molar-refractivity contribution in [1.29, 1.82) is 0 Å². The van der Waals surface area contributed by atoms with Gasteiger partial charge in [-0.2, -0.15) is 0 Å². The lowest BCUT2D eigenvalue weighted by molar-refractivity contribution is -0.115. The summed E-state index contributed by atoms with van der Waals surface area (Å²) in [6.07, 6.45) is 4.81. The molecule has 0 atom stereocenters. The molecule has 1 aromatic rings. The average molecular weight is 196 g/mol. The highest BCUT2D eigenvalue weighted by molar-refractivity contribution is 6.12. The number of carbonyl (C=O) groups is 1. The Labute approximate surface area is 89.1 Å². The van der Waals surface area contributed by atoms with Gasteiger partial charge in [0.25, 0.3) is 0 Å². The molecule has 0 spiro atoms. The fraction of sp³-hybridized carbons (Fsp3) is 0.214. The summed E-state index contributed by atoms with van der Waals surface area (Å²) in [6.45, 7) is 0. The predicted molar refractivity (Wildman–Crippen MR) is 60.3 cm³/mol. The number of Topliss-reactive ketones (excluding diaryl/α,β-unsaturated/α-hetero) is 1. The van der Waals surface area contributed by atoms with Crippen LogP contribution in [0.25, 0.3) is 5.57 Å². The molecule has 1 nitrogen and oxygen atoms in total. The second-order valence-corrected chi connectivity index (χ2v) is 4.09. The fourth-order valence-corrected chi connectivity index (χ4v) is 2.36. The first-order valence-corrected chi connectivity index (χ1v) is 5.37. The number of carbonyl (C=O) groups excluding carboxylic acids is 1. The molecule has 0 amide bonds. The van der Waals surface area contributed by atoms with E-state index in [4.69, 9.17) is 0 Å². The molecule has 0 bridgehead atoms. The summed E-state index contributed by atoms with van der Waals surface area (Å²) in [7, 11) is 0. The van der Waals surface area contributed by atoms with Gasteiger partial charge in [0.05, 0.1) is 0 Å². The second-order valence-electron chi connectivity index (χ2n) is 4.09. The molecular weight excluding hydrogens is 184 g/mol. The first-order valence-electron chi connectivity index (χ1n) is 5.37. The summed E-state index contributed by atoms with van der Waals surface area (Å²) < 4.78 is 0. The maximum absolute atomic E-state index is 11.7. The molecule has 0 saturated heterocycles. The van der Waals surface area contributed by atoms with E-state index in [2.05, 4.69) is 18.2 Å². The van der Waals surface area contributed by atoms with Crippen molar-refractivity contribution in [1.82, 2.24) is 0 Å². The van der Waals surface area contributed by atoms with Crippen molar-refractivity contribution < 1.29 is 4.79 Å². The molecule has 15 heavy (non-hydrogen) atoms. The lowest BCUT2D eigenvalue weighted by atomic mass is 9.73. The third kappa shape index (κ3) is 1.27. The van der Waals surface area contributed by atoms with Crippen LogP contribution in [0, 0.1) is 0 Å². The average Bonchev–Trinajstić information content (AvgIpc) is 2.22. The zero-order valence-corrected chi connectivity index (χ0v) is 8.49. The molecule has 0 aliphatic heterocycles. The Morgan fingerprint density at radius 2 is 1.87 bits per heavy atom. The summed E-state index contributed by atoms with van der Waals surface area (Å²) in [4.78, 5) is 11.7. The van der Waals surface area contributed by atoms with Crippen LogP contribution in [0.4, 0.5) is 0 Å². The van der Waals surface area contributed by atoms with Crippen LogP contribution in [-0.2, 0) is 4.79 Å². The topological polar surface area (TPSA) is 17.1 Å². The number of benzene rings is 1. The highest BCUT2D eigenvalue weighted by atomic mass is 16.1.